The summed E-state index contributed by atoms with van der Waals surface area (Å²) in [5, 5.41) is 0. The predicted octanol–water partition coefficient (Wildman–Crippen LogP) is 2.39. The number of nitrogens with zero attached hydrogens (tertiary/aromatic N) is 2. The van der Waals surface area contributed by atoms with Crippen LogP contribution in [0, 0.1) is 0 Å². The summed E-state index contributed by atoms with van der Waals surface area (Å²) in [5.74, 6) is 0. The van der Waals surface area contributed by atoms with E-state index in [0.29, 0.717) is 6.54 Å². The zero-order chi connectivity index (χ0) is 9.97. The lowest BCUT2D eigenvalue weighted by Gasteiger charge is -1.98. The molecule has 0 saturated carbocycles. The van der Waals surface area contributed by atoms with E-state index in [2.05, 4.69) is 4.98 Å². The maximum absolute atomic E-state index is 5.52. The van der Waals surface area contributed by atoms with Gasteiger partial charge in [-0.1, -0.05) is 24.3 Å². The van der Waals surface area contributed by atoms with Crippen LogP contribution in [0.1, 0.15) is 5.56 Å². The molecule has 0 atom stereocenters. The minimum Gasteiger partial charge on any atom is -0.340 e. The van der Waals surface area contributed by atoms with Gasteiger partial charge in [-0.05, 0) is 5.56 Å². The van der Waals surface area contributed by atoms with Crippen LogP contribution in [0.4, 0.5) is 0 Å². The lowest BCUT2D eigenvalue weighted by molar-refractivity contribution is 0.913. The third-order valence-electron chi connectivity index (χ3n) is 2.19. The highest BCUT2D eigenvalue weighted by Crippen LogP contribution is 2.16. The van der Waals surface area contributed by atoms with Gasteiger partial charge in [0.25, 0.3) is 0 Å². The van der Waals surface area contributed by atoms with Crippen LogP contribution in [-0.4, -0.2) is 9.55 Å². The molecule has 1 aromatic carbocycles. The number of hydrogen-bond donors (Lipinski definition) is 1. The molecule has 0 bridgehead atoms. The predicted molar refractivity (Wildman–Crippen MR) is 71.0 cm³/mol. The summed E-state index contributed by atoms with van der Waals surface area (Å²) in [4.78, 5) is 4.27. The van der Waals surface area contributed by atoms with Gasteiger partial charge in [0, 0.05) is 25.4 Å². The van der Waals surface area contributed by atoms with Crippen LogP contribution >= 0.6 is 24.8 Å². The van der Waals surface area contributed by atoms with Crippen LogP contribution < -0.4 is 5.73 Å². The average molecular weight is 260 g/mol. The Morgan fingerprint density at radius 3 is 2.25 bits per heavy atom. The molecule has 2 N–H and O–H groups in total. The standard InChI is InChI=1S/C11H13N3.2ClH/c1-14-7-11(13-8-14)10-4-2-9(6-12)3-5-10;;/h2-5,7-8H,6,12H2,1H3;2*1H. The Labute approximate surface area is 108 Å². The van der Waals surface area contributed by atoms with Crippen molar-refractivity contribution in [1.29, 1.82) is 0 Å². The van der Waals surface area contributed by atoms with Gasteiger partial charge in [0.1, 0.15) is 0 Å². The van der Waals surface area contributed by atoms with Gasteiger partial charge < -0.3 is 10.3 Å². The minimum atomic E-state index is 0. The first-order valence-electron chi connectivity index (χ1n) is 4.57. The number of aryl methyl sites for hydroxylation is 1. The molecule has 16 heavy (non-hydrogen) atoms. The number of nitrogens with two attached hydrogens (primary N) is 1. The molecule has 2 aromatic rings. The van der Waals surface area contributed by atoms with Gasteiger partial charge in [0.2, 0.25) is 0 Å². The van der Waals surface area contributed by atoms with Crippen molar-refractivity contribution in [3.8, 4) is 11.3 Å². The third-order valence-corrected chi connectivity index (χ3v) is 2.19. The summed E-state index contributed by atoms with van der Waals surface area (Å²) in [5.41, 5.74) is 8.79. The number of imidazole rings is 1. The molecule has 0 aliphatic rings. The summed E-state index contributed by atoms with van der Waals surface area (Å²) >= 11 is 0. The average Bonchev–Trinajstić information content (AvgIpc) is 2.65. The van der Waals surface area contributed by atoms with E-state index in [1.165, 1.54) is 0 Å². The SMILES string of the molecule is Cl.Cl.Cn1cnc(-c2ccc(CN)cc2)c1. The summed E-state index contributed by atoms with van der Waals surface area (Å²) in [6, 6.07) is 8.16. The normalized spacial score (nSPS) is 9.12. The maximum Gasteiger partial charge on any atom is 0.0951 e. The molecule has 0 unspecified atom stereocenters. The molecule has 88 valence electrons. The molecule has 0 fully saturated rings. The first-order chi connectivity index (χ1) is 6.79. The molecule has 1 aromatic heterocycles. The van der Waals surface area contributed by atoms with E-state index in [-0.39, 0.29) is 24.8 Å². The largest absolute Gasteiger partial charge is 0.340 e. The van der Waals surface area contributed by atoms with Crippen molar-refractivity contribution in [3.63, 3.8) is 0 Å². The second-order valence-electron chi connectivity index (χ2n) is 3.33. The Morgan fingerprint density at radius 2 is 1.81 bits per heavy atom. The molecular formula is C11H15Cl2N3. The fourth-order valence-electron chi connectivity index (χ4n) is 1.37. The minimum absolute atomic E-state index is 0. The monoisotopic (exact) mass is 259 g/mol. The topological polar surface area (TPSA) is 43.8 Å². The van der Waals surface area contributed by atoms with Crippen LogP contribution in [0.3, 0.4) is 0 Å². The maximum atomic E-state index is 5.52. The van der Waals surface area contributed by atoms with Crippen molar-refractivity contribution in [2.45, 2.75) is 6.54 Å². The summed E-state index contributed by atoms with van der Waals surface area (Å²) < 4.78 is 1.94. The molecule has 0 aliphatic carbocycles. The second-order valence-corrected chi connectivity index (χ2v) is 3.33. The number of rotatable bonds is 2. The first-order valence-corrected chi connectivity index (χ1v) is 4.57. The number of benzene rings is 1. The van der Waals surface area contributed by atoms with Crippen LogP contribution in [0.2, 0.25) is 0 Å². The lowest BCUT2D eigenvalue weighted by Crippen LogP contribution is -1.95. The third kappa shape index (κ3) is 3.23. The fourth-order valence-corrected chi connectivity index (χ4v) is 1.37. The summed E-state index contributed by atoms with van der Waals surface area (Å²) in [7, 11) is 1.96. The Balaban J connectivity index is 0.00000112. The van der Waals surface area contributed by atoms with E-state index in [0.717, 1.165) is 16.8 Å². The molecule has 0 spiro atoms. The van der Waals surface area contributed by atoms with Gasteiger partial charge in [-0.3, -0.25) is 0 Å². The molecule has 2 rings (SSSR count). The highest BCUT2D eigenvalue weighted by Gasteiger charge is 1.99. The van der Waals surface area contributed by atoms with Crippen LogP contribution in [0.5, 0.6) is 0 Å². The zero-order valence-corrected chi connectivity index (χ0v) is 10.6. The smallest absolute Gasteiger partial charge is 0.0951 e. The summed E-state index contributed by atoms with van der Waals surface area (Å²) in [6.07, 6.45) is 3.80. The van der Waals surface area contributed by atoms with Crippen molar-refractivity contribution < 1.29 is 0 Å². The van der Waals surface area contributed by atoms with E-state index < -0.39 is 0 Å². The molecular weight excluding hydrogens is 245 g/mol. The van der Waals surface area contributed by atoms with Crippen molar-refractivity contribution in [2.75, 3.05) is 0 Å². The van der Waals surface area contributed by atoms with Crippen molar-refractivity contribution >= 4 is 24.8 Å². The van der Waals surface area contributed by atoms with E-state index >= 15 is 0 Å². The molecule has 0 saturated heterocycles. The molecule has 1 heterocycles. The van der Waals surface area contributed by atoms with Crippen molar-refractivity contribution in [2.24, 2.45) is 12.8 Å². The highest BCUT2D eigenvalue weighted by molar-refractivity contribution is 5.85. The van der Waals surface area contributed by atoms with Gasteiger partial charge >= 0.3 is 0 Å². The molecule has 0 radical (unpaired) electrons. The quantitative estimate of drug-likeness (QED) is 0.901. The van der Waals surface area contributed by atoms with Crippen molar-refractivity contribution in [1.82, 2.24) is 9.55 Å². The molecule has 5 heteroatoms. The van der Waals surface area contributed by atoms with E-state index in [9.17, 15) is 0 Å². The fraction of sp³-hybridized carbons (Fsp3) is 0.182. The van der Waals surface area contributed by atoms with Crippen LogP contribution in [0.15, 0.2) is 36.8 Å². The van der Waals surface area contributed by atoms with Crippen molar-refractivity contribution in [3.05, 3.63) is 42.4 Å². The van der Waals surface area contributed by atoms with Gasteiger partial charge in [0.15, 0.2) is 0 Å². The van der Waals surface area contributed by atoms with E-state index in [1.54, 1.807) is 6.33 Å². The van der Waals surface area contributed by atoms with Crippen LogP contribution in [-0.2, 0) is 13.6 Å². The van der Waals surface area contributed by atoms with E-state index in [4.69, 9.17) is 5.73 Å². The van der Waals surface area contributed by atoms with Gasteiger partial charge in [-0.2, -0.15) is 0 Å². The van der Waals surface area contributed by atoms with Crippen LogP contribution in [0.25, 0.3) is 11.3 Å². The summed E-state index contributed by atoms with van der Waals surface area (Å²) in [6.45, 7) is 0.586. The number of aromatic nitrogens is 2. The van der Waals surface area contributed by atoms with E-state index in [1.807, 2.05) is 42.1 Å². The molecule has 0 aliphatic heterocycles. The zero-order valence-electron chi connectivity index (χ0n) is 8.96. The lowest BCUT2D eigenvalue weighted by atomic mass is 10.1. The Morgan fingerprint density at radius 1 is 1.19 bits per heavy atom. The molecule has 3 nitrogen and oxygen atoms in total. The number of halogens is 2. The second kappa shape index (κ2) is 6.53. The Kier molecular flexibility index (Phi) is 6.11. The van der Waals surface area contributed by atoms with Gasteiger partial charge in [-0.25, -0.2) is 4.98 Å². The van der Waals surface area contributed by atoms with Gasteiger partial charge in [-0.15, -0.1) is 24.8 Å². The van der Waals surface area contributed by atoms with Gasteiger partial charge in [0.05, 0.1) is 12.0 Å². The Hall–Kier alpha value is -1.03. The Bertz CT molecular complexity index is 423. The highest BCUT2D eigenvalue weighted by atomic mass is 35.5. The first kappa shape index (κ1) is 15.0. The molecule has 0 amide bonds. The number of hydrogen-bond acceptors (Lipinski definition) is 2.